The number of methoxy groups -OCH3 is 1. The van der Waals surface area contributed by atoms with E-state index in [1.54, 1.807) is 7.11 Å². The monoisotopic (exact) mass is 230 g/mol. The fraction of sp³-hybridized carbons (Fsp3) is 1.00. The largest absolute Gasteiger partial charge is 0.390 e. The van der Waals surface area contributed by atoms with Gasteiger partial charge in [-0.05, 0) is 38.0 Å². The summed E-state index contributed by atoms with van der Waals surface area (Å²) in [5.74, 6) is 0. The van der Waals surface area contributed by atoms with Gasteiger partial charge in [0.15, 0.2) is 0 Å². The molecule has 0 spiro atoms. The topological polar surface area (TPSA) is 29.5 Å². The van der Waals surface area contributed by atoms with Crippen LogP contribution in [0.1, 0.15) is 67.2 Å². The van der Waals surface area contributed by atoms with Crippen molar-refractivity contribution in [1.82, 2.24) is 0 Å². The predicted octanol–water partition coefficient (Wildman–Crippen LogP) is 3.77. The molecular weight excluding hydrogens is 200 g/mol. The van der Waals surface area contributed by atoms with Gasteiger partial charge in [-0.1, -0.05) is 34.6 Å². The Morgan fingerprint density at radius 1 is 0.938 bits per heavy atom. The summed E-state index contributed by atoms with van der Waals surface area (Å²) in [6, 6.07) is 0. The summed E-state index contributed by atoms with van der Waals surface area (Å²) in [5, 5.41) is 10.1. The van der Waals surface area contributed by atoms with E-state index in [9.17, 15) is 5.11 Å². The summed E-state index contributed by atoms with van der Waals surface area (Å²) < 4.78 is 5.78. The van der Waals surface area contributed by atoms with E-state index >= 15 is 0 Å². The molecule has 0 radical (unpaired) electrons. The Bertz CT molecular complexity index is 197. The molecule has 0 aliphatic rings. The number of hydrogen-bond donors (Lipinski definition) is 1. The number of aliphatic hydroxyl groups is 1. The summed E-state index contributed by atoms with van der Waals surface area (Å²) in [7, 11) is 1.79. The van der Waals surface area contributed by atoms with Crippen molar-refractivity contribution >= 4 is 0 Å². The Balaban J connectivity index is 4.71. The Morgan fingerprint density at radius 2 is 1.44 bits per heavy atom. The fourth-order valence-corrected chi connectivity index (χ4v) is 2.28. The molecule has 2 unspecified atom stereocenters. The Hall–Kier alpha value is -0.0800. The molecule has 0 bridgehead atoms. The number of rotatable bonds is 6. The second-order valence-corrected chi connectivity index (χ2v) is 6.15. The van der Waals surface area contributed by atoms with E-state index in [-0.39, 0.29) is 11.0 Å². The van der Waals surface area contributed by atoms with Crippen LogP contribution in [0, 0.1) is 5.41 Å². The van der Waals surface area contributed by atoms with Crippen LogP contribution < -0.4 is 0 Å². The minimum absolute atomic E-state index is 0.0975. The van der Waals surface area contributed by atoms with Gasteiger partial charge in [0.25, 0.3) is 0 Å². The highest BCUT2D eigenvalue weighted by molar-refractivity contribution is 4.92. The van der Waals surface area contributed by atoms with Gasteiger partial charge in [-0.25, -0.2) is 0 Å². The van der Waals surface area contributed by atoms with Crippen molar-refractivity contribution < 1.29 is 9.84 Å². The summed E-state index contributed by atoms with van der Waals surface area (Å²) in [6.45, 7) is 12.7. The zero-order valence-corrected chi connectivity index (χ0v) is 12.2. The molecule has 2 heteroatoms. The minimum Gasteiger partial charge on any atom is -0.390 e. The second kappa shape index (κ2) is 5.50. The van der Waals surface area contributed by atoms with Gasteiger partial charge in [0.2, 0.25) is 0 Å². The van der Waals surface area contributed by atoms with Crippen LogP contribution in [0.4, 0.5) is 0 Å². The minimum atomic E-state index is -0.565. The molecule has 2 atom stereocenters. The summed E-state index contributed by atoms with van der Waals surface area (Å²) >= 11 is 0. The van der Waals surface area contributed by atoms with Crippen LogP contribution >= 0.6 is 0 Å². The average Bonchev–Trinajstić information content (AvgIpc) is 2.18. The van der Waals surface area contributed by atoms with Crippen LogP contribution in [0.25, 0.3) is 0 Å². The molecular formula is C14H30O2. The average molecular weight is 230 g/mol. The van der Waals surface area contributed by atoms with Gasteiger partial charge >= 0.3 is 0 Å². The van der Waals surface area contributed by atoms with Crippen molar-refractivity contribution in [3.63, 3.8) is 0 Å². The second-order valence-electron chi connectivity index (χ2n) is 6.15. The third-order valence-corrected chi connectivity index (χ3v) is 4.16. The van der Waals surface area contributed by atoms with Crippen molar-refractivity contribution in [2.75, 3.05) is 7.11 Å². The molecule has 0 rings (SSSR count). The van der Waals surface area contributed by atoms with E-state index in [1.807, 2.05) is 13.8 Å². The van der Waals surface area contributed by atoms with E-state index in [4.69, 9.17) is 4.74 Å². The normalized spacial score (nSPS) is 20.2. The molecule has 0 heterocycles. The molecule has 0 fully saturated rings. The molecule has 0 saturated carbocycles. The zero-order chi connectivity index (χ0) is 13.0. The predicted molar refractivity (Wildman–Crippen MR) is 69.6 cm³/mol. The van der Waals surface area contributed by atoms with E-state index in [0.717, 1.165) is 25.7 Å². The maximum atomic E-state index is 10.1. The Labute approximate surface area is 101 Å². The smallest absolute Gasteiger partial charge is 0.0725 e. The highest BCUT2D eigenvalue weighted by Crippen LogP contribution is 2.41. The van der Waals surface area contributed by atoms with E-state index in [1.165, 1.54) is 0 Å². The maximum absolute atomic E-state index is 10.1. The van der Waals surface area contributed by atoms with E-state index in [0.29, 0.717) is 0 Å². The zero-order valence-electron chi connectivity index (χ0n) is 12.2. The van der Waals surface area contributed by atoms with Gasteiger partial charge in [0.05, 0.1) is 11.2 Å². The molecule has 16 heavy (non-hydrogen) atoms. The molecule has 2 nitrogen and oxygen atoms in total. The lowest BCUT2D eigenvalue weighted by molar-refractivity contribution is -0.112. The van der Waals surface area contributed by atoms with Crippen molar-refractivity contribution in [3.05, 3.63) is 0 Å². The number of hydrogen-bond acceptors (Lipinski definition) is 2. The fourth-order valence-electron chi connectivity index (χ4n) is 2.28. The SMILES string of the molecule is CCC(C)(O)CCC(CC)(OC)C(C)(C)C. The Kier molecular flexibility index (Phi) is 5.48. The van der Waals surface area contributed by atoms with Crippen LogP contribution in [-0.4, -0.2) is 23.4 Å². The van der Waals surface area contributed by atoms with Crippen molar-refractivity contribution in [1.29, 1.82) is 0 Å². The molecule has 1 N–H and O–H groups in total. The summed E-state index contributed by atoms with van der Waals surface area (Å²) in [5.41, 5.74) is -0.601. The third-order valence-electron chi connectivity index (χ3n) is 4.16. The highest BCUT2D eigenvalue weighted by Gasteiger charge is 2.41. The first-order valence-corrected chi connectivity index (χ1v) is 6.41. The molecule has 0 aromatic carbocycles. The quantitative estimate of drug-likeness (QED) is 0.752. The molecule has 0 aliphatic carbocycles. The van der Waals surface area contributed by atoms with Gasteiger partial charge < -0.3 is 9.84 Å². The van der Waals surface area contributed by atoms with Crippen LogP contribution in [-0.2, 0) is 4.74 Å². The first kappa shape index (κ1) is 15.9. The van der Waals surface area contributed by atoms with Crippen LogP contribution in [0.5, 0.6) is 0 Å². The maximum Gasteiger partial charge on any atom is 0.0725 e. The summed E-state index contributed by atoms with van der Waals surface area (Å²) in [6.07, 6.45) is 3.47. The van der Waals surface area contributed by atoms with E-state index in [2.05, 4.69) is 27.7 Å². The van der Waals surface area contributed by atoms with Crippen molar-refractivity contribution in [2.45, 2.75) is 78.4 Å². The van der Waals surface area contributed by atoms with Gasteiger partial charge in [0, 0.05) is 7.11 Å². The molecule has 0 aliphatic heterocycles. The van der Waals surface area contributed by atoms with Gasteiger partial charge in [0.1, 0.15) is 0 Å². The lowest BCUT2D eigenvalue weighted by atomic mass is 9.70. The standard InChI is InChI=1S/C14H30O2/c1-8-13(6,15)10-11-14(9-2,16-7)12(3,4)5/h15H,8-11H2,1-7H3. The van der Waals surface area contributed by atoms with E-state index < -0.39 is 5.60 Å². The number of ether oxygens (including phenoxy) is 1. The lowest BCUT2D eigenvalue weighted by Gasteiger charge is -2.44. The van der Waals surface area contributed by atoms with Crippen LogP contribution in [0.15, 0.2) is 0 Å². The Morgan fingerprint density at radius 3 is 1.69 bits per heavy atom. The molecule has 0 aromatic rings. The molecule has 0 saturated heterocycles. The highest BCUT2D eigenvalue weighted by atomic mass is 16.5. The molecule has 98 valence electrons. The first-order chi connectivity index (χ1) is 7.14. The summed E-state index contributed by atoms with van der Waals surface area (Å²) in [4.78, 5) is 0. The van der Waals surface area contributed by atoms with Gasteiger partial charge in [-0.2, -0.15) is 0 Å². The van der Waals surface area contributed by atoms with Crippen molar-refractivity contribution in [2.24, 2.45) is 5.41 Å². The van der Waals surface area contributed by atoms with Crippen molar-refractivity contribution in [3.8, 4) is 0 Å². The molecule has 0 amide bonds. The third kappa shape index (κ3) is 3.74. The van der Waals surface area contributed by atoms with Crippen LogP contribution in [0.2, 0.25) is 0 Å². The first-order valence-electron chi connectivity index (χ1n) is 6.41. The lowest BCUT2D eigenvalue weighted by Crippen LogP contribution is -2.45. The molecule has 0 aromatic heterocycles. The van der Waals surface area contributed by atoms with Crippen LogP contribution in [0.3, 0.4) is 0 Å². The van der Waals surface area contributed by atoms with Gasteiger partial charge in [-0.15, -0.1) is 0 Å². The van der Waals surface area contributed by atoms with Gasteiger partial charge in [-0.3, -0.25) is 0 Å².